The molecule has 2 aliphatic rings. The summed E-state index contributed by atoms with van der Waals surface area (Å²) >= 11 is 3.49. The molecule has 0 radical (unpaired) electrons. The minimum atomic E-state index is -0.352. The number of hydrogen-bond donors (Lipinski definition) is 2. The van der Waals surface area contributed by atoms with Crippen molar-refractivity contribution in [2.75, 3.05) is 39.5 Å². The topological polar surface area (TPSA) is 52.9 Å². The maximum absolute atomic E-state index is 9.59. The zero-order chi connectivity index (χ0) is 15.6. The highest BCUT2D eigenvalue weighted by molar-refractivity contribution is 9.10. The summed E-state index contributed by atoms with van der Waals surface area (Å²) < 4.78 is 6.87. The molecule has 0 atom stereocenters. The lowest BCUT2D eigenvalue weighted by molar-refractivity contribution is -0.00823. The van der Waals surface area contributed by atoms with Gasteiger partial charge in [-0.05, 0) is 49.2 Å². The van der Waals surface area contributed by atoms with E-state index in [2.05, 4.69) is 33.0 Å². The molecule has 2 N–H and O–H groups in total. The Morgan fingerprint density at radius 2 is 2.09 bits per heavy atom. The van der Waals surface area contributed by atoms with E-state index in [1.807, 2.05) is 12.1 Å². The summed E-state index contributed by atoms with van der Waals surface area (Å²) in [5, 5.41) is 19.2. The van der Waals surface area contributed by atoms with Gasteiger partial charge in [0.2, 0.25) is 0 Å². The highest BCUT2D eigenvalue weighted by Crippen LogP contribution is 2.32. The van der Waals surface area contributed by atoms with Crippen molar-refractivity contribution >= 4 is 22.0 Å². The van der Waals surface area contributed by atoms with E-state index in [0.717, 1.165) is 48.3 Å². The second kappa shape index (κ2) is 6.71. The van der Waals surface area contributed by atoms with E-state index in [-0.39, 0.29) is 18.6 Å². The average molecular weight is 368 g/mol. The number of aliphatic hydroxyl groups is 2. The fourth-order valence-corrected chi connectivity index (χ4v) is 3.71. The fourth-order valence-electron chi connectivity index (χ4n) is 3.33. The second-order valence-electron chi connectivity index (χ2n) is 6.40. The molecule has 3 rings (SSSR count). The first kappa shape index (κ1) is 16.0. The van der Waals surface area contributed by atoms with Gasteiger partial charge in [-0.25, -0.2) is 0 Å². The van der Waals surface area contributed by atoms with Crippen molar-refractivity contribution in [2.24, 2.45) is 5.41 Å². The summed E-state index contributed by atoms with van der Waals surface area (Å²) in [4.78, 5) is 2.31. The van der Waals surface area contributed by atoms with Gasteiger partial charge in [-0.2, -0.15) is 0 Å². The Bertz CT molecular complexity index is 569. The highest BCUT2D eigenvalue weighted by atomic mass is 79.9. The van der Waals surface area contributed by atoms with Crippen molar-refractivity contribution < 1.29 is 14.9 Å². The van der Waals surface area contributed by atoms with Crippen molar-refractivity contribution in [1.29, 1.82) is 0 Å². The number of hydrogen-bond acceptors (Lipinski definition) is 4. The predicted octanol–water partition coefficient (Wildman–Crippen LogP) is 2.29. The van der Waals surface area contributed by atoms with Crippen LogP contribution in [0.3, 0.4) is 0 Å². The average Bonchev–Trinajstić information content (AvgIpc) is 2.54. The number of nitrogens with zero attached hydrogens (tertiary/aromatic N) is 1. The molecule has 1 fully saturated rings. The number of benzene rings is 1. The van der Waals surface area contributed by atoms with Crippen molar-refractivity contribution in [3.63, 3.8) is 0 Å². The molecule has 4 nitrogen and oxygen atoms in total. The molecule has 0 unspecified atom stereocenters. The predicted molar refractivity (Wildman–Crippen MR) is 89.9 cm³/mol. The lowest BCUT2D eigenvalue weighted by Crippen LogP contribution is -2.48. The summed E-state index contributed by atoms with van der Waals surface area (Å²) in [6.07, 6.45) is 4.09. The van der Waals surface area contributed by atoms with E-state index in [9.17, 15) is 10.2 Å². The van der Waals surface area contributed by atoms with Crippen LogP contribution in [0.1, 0.15) is 18.4 Å². The third-order valence-corrected chi connectivity index (χ3v) is 5.08. The van der Waals surface area contributed by atoms with E-state index >= 15 is 0 Å². The summed E-state index contributed by atoms with van der Waals surface area (Å²) in [6.45, 7) is 3.27. The number of halogens is 1. The molecule has 22 heavy (non-hydrogen) atoms. The van der Waals surface area contributed by atoms with Crippen molar-refractivity contribution in [3.05, 3.63) is 33.8 Å². The van der Waals surface area contributed by atoms with Gasteiger partial charge in [-0.3, -0.25) is 4.90 Å². The van der Waals surface area contributed by atoms with E-state index in [0.29, 0.717) is 6.61 Å². The Labute approximate surface area is 139 Å². The molecule has 0 spiro atoms. The standard InChI is InChI=1S/C17H22BrNO3/c18-15-2-3-16-14(7-15)6-13(9-22-16)8-19-5-1-4-17(10-19,11-20)12-21/h2-3,6-7,20-21H,1,4-5,8-12H2. The minimum Gasteiger partial charge on any atom is -0.489 e. The quantitative estimate of drug-likeness (QED) is 0.857. The Balaban J connectivity index is 1.71. The van der Waals surface area contributed by atoms with Gasteiger partial charge in [0, 0.05) is 28.5 Å². The van der Waals surface area contributed by atoms with Crippen molar-refractivity contribution in [1.82, 2.24) is 4.90 Å². The van der Waals surface area contributed by atoms with Crippen LogP contribution in [0.25, 0.3) is 6.08 Å². The van der Waals surface area contributed by atoms with E-state index < -0.39 is 0 Å². The van der Waals surface area contributed by atoms with Gasteiger partial charge < -0.3 is 14.9 Å². The van der Waals surface area contributed by atoms with Crippen LogP contribution in [0, 0.1) is 5.41 Å². The Kier molecular flexibility index (Phi) is 4.88. The van der Waals surface area contributed by atoms with Crippen molar-refractivity contribution in [3.8, 4) is 5.75 Å². The molecule has 1 saturated heterocycles. The molecule has 2 heterocycles. The Morgan fingerprint density at radius 3 is 2.86 bits per heavy atom. The van der Waals surface area contributed by atoms with Gasteiger partial charge >= 0.3 is 0 Å². The third kappa shape index (κ3) is 3.38. The maximum atomic E-state index is 9.59. The summed E-state index contributed by atoms with van der Waals surface area (Å²) in [5.41, 5.74) is 1.98. The fraction of sp³-hybridized carbons (Fsp3) is 0.529. The summed E-state index contributed by atoms with van der Waals surface area (Å²) in [5.74, 6) is 0.922. The number of piperidine rings is 1. The number of likely N-dealkylation sites (tertiary alicyclic amines) is 1. The van der Waals surface area contributed by atoms with Gasteiger partial charge in [0.15, 0.2) is 0 Å². The van der Waals surface area contributed by atoms with Crippen molar-refractivity contribution in [2.45, 2.75) is 12.8 Å². The molecular weight excluding hydrogens is 346 g/mol. The minimum absolute atomic E-state index is 0.0470. The van der Waals surface area contributed by atoms with Gasteiger partial charge in [-0.15, -0.1) is 0 Å². The maximum Gasteiger partial charge on any atom is 0.127 e. The first-order chi connectivity index (χ1) is 10.6. The van der Waals surface area contributed by atoms with Gasteiger partial charge in [0.25, 0.3) is 0 Å². The normalized spacial score (nSPS) is 21.0. The molecule has 0 aliphatic carbocycles. The Morgan fingerprint density at radius 1 is 1.27 bits per heavy atom. The monoisotopic (exact) mass is 367 g/mol. The molecular formula is C17H22BrNO3. The lowest BCUT2D eigenvalue weighted by Gasteiger charge is -2.41. The molecule has 5 heteroatoms. The van der Waals surface area contributed by atoms with Crippen LogP contribution >= 0.6 is 15.9 Å². The molecule has 0 amide bonds. The molecule has 1 aromatic carbocycles. The molecule has 0 saturated carbocycles. The molecule has 0 bridgehead atoms. The largest absolute Gasteiger partial charge is 0.489 e. The van der Waals surface area contributed by atoms with E-state index in [4.69, 9.17) is 4.74 Å². The summed E-state index contributed by atoms with van der Waals surface area (Å²) in [7, 11) is 0. The van der Waals surface area contributed by atoms with Gasteiger partial charge in [-0.1, -0.05) is 15.9 Å². The summed E-state index contributed by atoms with van der Waals surface area (Å²) in [6, 6.07) is 6.03. The highest BCUT2D eigenvalue weighted by Gasteiger charge is 2.34. The number of aliphatic hydroxyl groups excluding tert-OH is 2. The lowest BCUT2D eigenvalue weighted by atomic mass is 9.81. The molecule has 2 aliphatic heterocycles. The van der Waals surface area contributed by atoms with E-state index in [1.54, 1.807) is 0 Å². The Hall–Kier alpha value is -0.880. The molecule has 120 valence electrons. The van der Waals surface area contributed by atoms with Crippen LogP contribution in [0.15, 0.2) is 28.2 Å². The smallest absolute Gasteiger partial charge is 0.127 e. The van der Waals surface area contributed by atoms with E-state index in [1.165, 1.54) is 5.57 Å². The third-order valence-electron chi connectivity index (χ3n) is 4.58. The van der Waals surface area contributed by atoms with Crippen LogP contribution in [-0.4, -0.2) is 54.6 Å². The van der Waals surface area contributed by atoms with Gasteiger partial charge in [0.05, 0.1) is 13.2 Å². The number of ether oxygens (including phenoxy) is 1. The van der Waals surface area contributed by atoms with Crippen LogP contribution in [0.4, 0.5) is 0 Å². The molecule has 0 aromatic heterocycles. The number of fused-ring (bicyclic) bond motifs is 1. The zero-order valence-electron chi connectivity index (χ0n) is 12.6. The van der Waals surface area contributed by atoms with Crippen LogP contribution < -0.4 is 4.74 Å². The zero-order valence-corrected chi connectivity index (χ0v) is 14.2. The number of rotatable bonds is 4. The van der Waals surface area contributed by atoms with Gasteiger partial charge in [0.1, 0.15) is 12.4 Å². The second-order valence-corrected chi connectivity index (χ2v) is 7.32. The van der Waals surface area contributed by atoms with Crippen LogP contribution in [0.5, 0.6) is 5.75 Å². The molecule has 1 aromatic rings. The first-order valence-electron chi connectivity index (χ1n) is 7.70. The first-order valence-corrected chi connectivity index (χ1v) is 8.49. The van der Waals surface area contributed by atoms with Crippen LogP contribution in [-0.2, 0) is 0 Å². The SMILES string of the molecule is OCC1(CO)CCCN(CC2=Cc3cc(Br)ccc3OC2)C1. The van der Waals surface area contributed by atoms with Crippen LogP contribution in [0.2, 0.25) is 0 Å².